The van der Waals surface area contributed by atoms with Crippen LogP contribution in [0.3, 0.4) is 0 Å². The molecule has 0 aliphatic rings. The van der Waals surface area contributed by atoms with Gasteiger partial charge in [-0.3, -0.25) is 9.59 Å². The van der Waals surface area contributed by atoms with Crippen molar-refractivity contribution in [3.8, 4) is 11.6 Å². The zero-order valence-electron chi connectivity index (χ0n) is 16.5. The third kappa shape index (κ3) is 5.23. The quantitative estimate of drug-likeness (QED) is 0.672. The maximum Gasteiger partial charge on any atom is 0.271 e. The Morgan fingerprint density at radius 3 is 2.59 bits per heavy atom. The van der Waals surface area contributed by atoms with Gasteiger partial charge in [-0.25, -0.2) is 0 Å². The lowest BCUT2D eigenvalue weighted by Crippen LogP contribution is -2.36. The van der Waals surface area contributed by atoms with Crippen LogP contribution >= 0.6 is 11.6 Å². The molecule has 7 heteroatoms. The molecule has 29 heavy (non-hydrogen) atoms. The van der Waals surface area contributed by atoms with Crippen LogP contribution < -0.4 is 15.6 Å². The van der Waals surface area contributed by atoms with Crippen LogP contribution in [0.4, 0.5) is 0 Å². The monoisotopic (exact) mass is 411 g/mol. The summed E-state index contributed by atoms with van der Waals surface area (Å²) in [4.78, 5) is 24.6. The second kappa shape index (κ2) is 8.92. The van der Waals surface area contributed by atoms with Crippen LogP contribution in [0, 0.1) is 13.8 Å². The molecule has 3 aromatic rings. The molecule has 6 nitrogen and oxygen atoms in total. The van der Waals surface area contributed by atoms with Crippen molar-refractivity contribution in [3.63, 3.8) is 0 Å². The van der Waals surface area contributed by atoms with E-state index in [9.17, 15) is 9.59 Å². The highest BCUT2D eigenvalue weighted by Gasteiger charge is 2.16. The summed E-state index contributed by atoms with van der Waals surface area (Å²) in [5, 5.41) is 7.57. The van der Waals surface area contributed by atoms with Crippen LogP contribution in [0.5, 0.6) is 5.88 Å². The number of ether oxygens (including phenoxy) is 1. The molecule has 0 radical (unpaired) electrons. The van der Waals surface area contributed by atoms with Crippen LogP contribution in [0.25, 0.3) is 5.69 Å². The zero-order chi connectivity index (χ0) is 21.0. The van der Waals surface area contributed by atoms with Crippen LogP contribution in [0.1, 0.15) is 23.6 Å². The van der Waals surface area contributed by atoms with Gasteiger partial charge in [0.25, 0.3) is 11.5 Å². The first kappa shape index (κ1) is 20.6. The van der Waals surface area contributed by atoms with Gasteiger partial charge < -0.3 is 10.1 Å². The van der Waals surface area contributed by atoms with Crippen molar-refractivity contribution in [2.45, 2.75) is 33.4 Å². The fourth-order valence-electron chi connectivity index (χ4n) is 2.71. The molecular formula is C22H22ClN3O3. The minimum atomic E-state index is -0.778. The Bertz CT molecular complexity index is 1080. The average molecular weight is 412 g/mol. The Morgan fingerprint density at radius 1 is 1.14 bits per heavy atom. The largest absolute Gasteiger partial charge is 0.464 e. The first-order valence-corrected chi connectivity index (χ1v) is 9.58. The summed E-state index contributed by atoms with van der Waals surface area (Å²) in [6.45, 7) is 5.90. The van der Waals surface area contributed by atoms with Gasteiger partial charge in [0.15, 0.2) is 6.10 Å². The third-order valence-electron chi connectivity index (χ3n) is 4.43. The molecule has 0 bridgehead atoms. The van der Waals surface area contributed by atoms with Crippen molar-refractivity contribution in [1.82, 2.24) is 15.1 Å². The number of nitrogens with zero attached hydrogens (tertiary/aromatic N) is 2. The maximum absolute atomic E-state index is 12.4. The summed E-state index contributed by atoms with van der Waals surface area (Å²) < 4.78 is 6.87. The topological polar surface area (TPSA) is 73.2 Å². The number of halogens is 1. The van der Waals surface area contributed by atoms with E-state index in [1.54, 1.807) is 25.1 Å². The molecule has 0 spiro atoms. The fraction of sp³-hybridized carbons (Fsp3) is 0.227. The van der Waals surface area contributed by atoms with Gasteiger partial charge in [-0.2, -0.15) is 4.68 Å². The Morgan fingerprint density at radius 2 is 1.86 bits per heavy atom. The highest BCUT2D eigenvalue weighted by atomic mass is 35.5. The van der Waals surface area contributed by atoms with E-state index in [1.807, 2.05) is 38.1 Å². The number of nitrogens with one attached hydrogen (secondary N) is 1. The molecule has 0 aliphatic heterocycles. The summed E-state index contributed by atoms with van der Waals surface area (Å²) in [5.41, 5.74) is 3.24. The van der Waals surface area contributed by atoms with Crippen LogP contribution in [-0.4, -0.2) is 21.8 Å². The third-order valence-corrected chi connectivity index (χ3v) is 4.66. The SMILES string of the molecule is Cc1ccc(CNC(=O)[C@@H](C)Oc2ccc(=O)n(-c3cc(Cl)ccc3C)n2)cc1. The Labute approximate surface area is 174 Å². The highest BCUT2D eigenvalue weighted by Crippen LogP contribution is 2.18. The van der Waals surface area contributed by atoms with Crippen LogP contribution in [0.15, 0.2) is 59.4 Å². The summed E-state index contributed by atoms with van der Waals surface area (Å²) in [6.07, 6.45) is -0.778. The van der Waals surface area contributed by atoms with Gasteiger partial charge in [0.05, 0.1) is 5.69 Å². The summed E-state index contributed by atoms with van der Waals surface area (Å²) in [6, 6.07) is 15.9. The van der Waals surface area contributed by atoms with E-state index >= 15 is 0 Å². The Balaban J connectivity index is 1.71. The number of carbonyl (C=O) groups is 1. The predicted octanol–water partition coefficient (Wildman–Crippen LogP) is 3.59. The lowest BCUT2D eigenvalue weighted by Gasteiger charge is -2.15. The van der Waals surface area contributed by atoms with E-state index in [2.05, 4.69) is 10.4 Å². The molecule has 1 N–H and O–H groups in total. The molecule has 0 saturated heterocycles. The summed E-state index contributed by atoms with van der Waals surface area (Å²) in [5.74, 6) is -0.106. The summed E-state index contributed by atoms with van der Waals surface area (Å²) >= 11 is 6.05. The van der Waals surface area contributed by atoms with Gasteiger partial charge in [-0.15, -0.1) is 5.10 Å². The minimum absolute atomic E-state index is 0.168. The number of carbonyl (C=O) groups excluding carboxylic acids is 1. The van der Waals surface area contributed by atoms with Crippen molar-refractivity contribution in [2.75, 3.05) is 0 Å². The van der Waals surface area contributed by atoms with Gasteiger partial charge in [0, 0.05) is 23.7 Å². The van der Waals surface area contributed by atoms with E-state index in [0.717, 1.165) is 16.7 Å². The first-order chi connectivity index (χ1) is 13.8. The number of hydrogen-bond donors (Lipinski definition) is 1. The number of aryl methyl sites for hydroxylation is 2. The number of aromatic nitrogens is 2. The molecule has 0 unspecified atom stereocenters. The average Bonchev–Trinajstić information content (AvgIpc) is 2.70. The van der Waals surface area contributed by atoms with Gasteiger partial charge in [-0.1, -0.05) is 47.5 Å². The molecule has 150 valence electrons. The number of rotatable bonds is 6. The molecule has 1 atom stereocenters. The Kier molecular flexibility index (Phi) is 6.34. The lowest BCUT2D eigenvalue weighted by atomic mass is 10.1. The second-order valence-electron chi connectivity index (χ2n) is 6.82. The Hall–Kier alpha value is -3.12. The van der Waals surface area contributed by atoms with Crippen LogP contribution in [0.2, 0.25) is 5.02 Å². The molecule has 0 fully saturated rings. The molecule has 1 aromatic heterocycles. The van der Waals surface area contributed by atoms with Gasteiger partial charge in [0.2, 0.25) is 5.88 Å². The molecule has 0 aliphatic carbocycles. The van der Waals surface area contributed by atoms with E-state index in [4.69, 9.17) is 16.3 Å². The van der Waals surface area contributed by atoms with Crippen molar-refractivity contribution in [2.24, 2.45) is 0 Å². The number of benzene rings is 2. The zero-order valence-corrected chi connectivity index (χ0v) is 17.2. The molecule has 3 rings (SSSR count). The van der Waals surface area contributed by atoms with Gasteiger partial charge >= 0.3 is 0 Å². The standard InChI is InChI=1S/C22H22ClN3O3/c1-14-4-7-17(8-5-14)13-24-22(28)16(3)29-20-10-11-21(27)26(25-20)19-12-18(23)9-6-15(19)2/h4-12,16H,13H2,1-3H3,(H,24,28)/t16-/m1/s1. The van der Waals surface area contributed by atoms with E-state index < -0.39 is 6.10 Å². The molecular weight excluding hydrogens is 390 g/mol. The molecule has 0 saturated carbocycles. The lowest BCUT2D eigenvalue weighted by molar-refractivity contribution is -0.127. The van der Waals surface area contributed by atoms with Gasteiger partial charge in [0.1, 0.15) is 0 Å². The van der Waals surface area contributed by atoms with Crippen molar-refractivity contribution < 1.29 is 9.53 Å². The van der Waals surface area contributed by atoms with Gasteiger partial charge in [-0.05, 0) is 44.0 Å². The van der Waals surface area contributed by atoms with Crippen molar-refractivity contribution >= 4 is 17.5 Å². The number of amides is 1. The molecule has 1 heterocycles. The molecule has 1 amide bonds. The normalized spacial score (nSPS) is 11.7. The van der Waals surface area contributed by atoms with Crippen LogP contribution in [-0.2, 0) is 11.3 Å². The highest BCUT2D eigenvalue weighted by molar-refractivity contribution is 6.30. The number of hydrogen-bond acceptors (Lipinski definition) is 4. The molecule has 2 aromatic carbocycles. The van der Waals surface area contributed by atoms with E-state index in [-0.39, 0.29) is 17.3 Å². The van der Waals surface area contributed by atoms with E-state index in [0.29, 0.717) is 17.3 Å². The van der Waals surface area contributed by atoms with Crippen molar-refractivity contribution in [3.05, 3.63) is 86.7 Å². The second-order valence-corrected chi connectivity index (χ2v) is 7.25. The minimum Gasteiger partial charge on any atom is -0.464 e. The summed E-state index contributed by atoms with van der Waals surface area (Å²) in [7, 11) is 0. The van der Waals surface area contributed by atoms with E-state index in [1.165, 1.54) is 16.8 Å². The fourth-order valence-corrected chi connectivity index (χ4v) is 2.88. The van der Waals surface area contributed by atoms with Crippen molar-refractivity contribution in [1.29, 1.82) is 0 Å². The maximum atomic E-state index is 12.4. The first-order valence-electron chi connectivity index (χ1n) is 9.20. The smallest absolute Gasteiger partial charge is 0.271 e. The predicted molar refractivity (Wildman–Crippen MR) is 113 cm³/mol.